The van der Waals surface area contributed by atoms with E-state index in [1.807, 2.05) is 66.7 Å². The maximum absolute atomic E-state index is 12.2. The van der Waals surface area contributed by atoms with E-state index in [1.54, 1.807) is 4.90 Å². The first-order valence-electron chi connectivity index (χ1n) is 11.3. The minimum Gasteiger partial charge on any atom is -0.492 e. The molecule has 2 saturated heterocycles. The summed E-state index contributed by atoms with van der Waals surface area (Å²) in [4.78, 5) is 16.2. The summed E-state index contributed by atoms with van der Waals surface area (Å²) in [5, 5.41) is 0.562. The van der Waals surface area contributed by atoms with Crippen molar-refractivity contribution in [2.24, 2.45) is 0 Å². The van der Waals surface area contributed by atoms with Gasteiger partial charge in [-0.05, 0) is 60.6 Å². The number of nitrogens with zero attached hydrogens (tertiary/aromatic N) is 2. The number of amides is 1. The van der Waals surface area contributed by atoms with Crippen molar-refractivity contribution >= 4 is 30.3 Å². The van der Waals surface area contributed by atoms with Crippen LogP contribution in [0, 0.1) is 0 Å². The zero-order valence-electron chi connectivity index (χ0n) is 20.4. The van der Waals surface area contributed by atoms with Crippen LogP contribution >= 0.6 is 11.6 Å². The number of hydrogen-bond acceptors (Lipinski definition) is 6. The molecule has 0 saturated carbocycles. The summed E-state index contributed by atoms with van der Waals surface area (Å²) in [7, 11) is -0.497. The van der Waals surface area contributed by atoms with Crippen LogP contribution < -0.4 is 10.2 Å². The maximum atomic E-state index is 12.2. The summed E-state index contributed by atoms with van der Waals surface area (Å²) in [6, 6.07) is 5.61. The molecule has 2 aliphatic rings. The van der Waals surface area contributed by atoms with Gasteiger partial charge in [-0.25, -0.2) is 4.79 Å². The van der Waals surface area contributed by atoms with Crippen LogP contribution in [-0.4, -0.2) is 79.1 Å². The van der Waals surface area contributed by atoms with Crippen molar-refractivity contribution in [3.05, 3.63) is 23.2 Å². The van der Waals surface area contributed by atoms with Crippen LogP contribution in [0.25, 0.3) is 0 Å². The van der Waals surface area contributed by atoms with Crippen LogP contribution in [0.3, 0.4) is 0 Å². The van der Waals surface area contributed by atoms with Crippen molar-refractivity contribution in [3.63, 3.8) is 0 Å². The van der Waals surface area contributed by atoms with Crippen LogP contribution in [0.4, 0.5) is 4.79 Å². The van der Waals surface area contributed by atoms with Gasteiger partial charge in [0.1, 0.15) is 18.0 Å². The quantitative estimate of drug-likeness (QED) is 0.618. The zero-order chi connectivity index (χ0) is 23.7. The predicted molar refractivity (Wildman–Crippen MR) is 127 cm³/mol. The number of halogens is 1. The Balaban J connectivity index is 1.45. The summed E-state index contributed by atoms with van der Waals surface area (Å²) in [6.45, 7) is 17.9. The topological polar surface area (TPSA) is 60.5 Å². The number of hydrogen-bond donors (Lipinski definition) is 0. The van der Waals surface area contributed by atoms with Crippen LogP contribution in [0.15, 0.2) is 18.2 Å². The first-order chi connectivity index (χ1) is 14.8. The van der Waals surface area contributed by atoms with E-state index >= 15 is 0 Å². The molecule has 0 radical (unpaired) electrons. The number of ether oxygens (including phenoxy) is 2. The number of rotatable bonds is 5. The molecular weight excluding hydrogens is 431 g/mol. The number of carbonyl (C=O) groups excluding carboxylic acids is 1. The second-order valence-electron chi connectivity index (χ2n) is 10.4. The summed E-state index contributed by atoms with van der Waals surface area (Å²) in [6.07, 6.45) is -0.245. The number of carbonyl (C=O) groups is 1. The van der Waals surface area contributed by atoms with Crippen LogP contribution in [-0.2, 0) is 14.0 Å². The van der Waals surface area contributed by atoms with E-state index in [-0.39, 0.29) is 6.09 Å². The van der Waals surface area contributed by atoms with Gasteiger partial charge in [0, 0.05) is 43.2 Å². The lowest BCUT2D eigenvalue weighted by Crippen LogP contribution is -2.50. The molecule has 1 aromatic carbocycles. The SMILES string of the molecule is CC(C)(C)OC(=O)N1CCN(CCOc2ccc(B3OC(C)(C)C(C)(C)O3)c(Cl)c2)CC1. The van der Waals surface area contributed by atoms with Crippen LogP contribution in [0.5, 0.6) is 5.75 Å². The van der Waals surface area contributed by atoms with Crippen molar-refractivity contribution in [2.45, 2.75) is 65.3 Å². The lowest BCUT2D eigenvalue weighted by atomic mass is 9.79. The highest BCUT2D eigenvalue weighted by molar-refractivity contribution is 6.65. The molecule has 2 heterocycles. The highest BCUT2D eigenvalue weighted by Gasteiger charge is 2.52. The highest BCUT2D eigenvalue weighted by Crippen LogP contribution is 2.37. The molecule has 3 rings (SSSR count). The Hall–Kier alpha value is -1.48. The van der Waals surface area contributed by atoms with Crippen molar-refractivity contribution in [3.8, 4) is 5.75 Å². The van der Waals surface area contributed by atoms with Crippen LogP contribution in [0.2, 0.25) is 5.02 Å². The van der Waals surface area contributed by atoms with E-state index in [9.17, 15) is 4.79 Å². The molecule has 2 aliphatic heterocycles. The smallest absolute Gasteiger partial charge is 0.492 e. The van der Waals surface area contributed by atoms with E-state index in [2.05, 4.69) is 4.90 Å². The summed E-state index contributed by atoms with van der Waals surface area (Å²) < 4.78 is 23.5. The van der Waals surface area contributed by atoms with Gasteiger partial charge in [0.25, 0.3) is 0 Å². The Morgan fingerprint density at radius 2 is 1.69 bits per heavy atom. The number of benzene rings is 1. The summed E-state index contributed by atoms with van der Waals surface area (Å²) in [5.74, 6) is 0.711. The van der Waals surface area contributed by atoms with Gasteiger partial charge in [0.2, 0.25) is 0 Å². The second kappa shape index (κ2) is 9.41. The number of piperazine rings is 1. The molecule has 178 valence electrons. The van der Waals surface area contributed by atoms with Gasteiger partial charge in [-0.15, -0.1) is 0 Å². The molecule has 0 bridgehead atoms. The minimum atomic E-state index is -0.497. The van der Waals surface area contributed by atoms with Gasteiger partial charge in [-0.3, -0.25) is 4.90 Å². The Morgan fingerprint density at radius 1 is 1.09 bits per heavy atom. The largest absolute Gasteiger partial charge is 0.496 e. The molecule has 9 heteroatoms. The summed E-state index contributed by atoms with van der Waals surface area (Å²) in [5.41, 5.74) is -0.495. The van der Waals surface area contributed by atoms with E-state index in [0.29, 0.717) is 30.5 Å². The summed E-state index contributed by atoms with van der Waals surface area (Å²) >= 11 is 6.51. The van der Waals surface area contributed by atoms with Crippen molar-refractivity contribution < 1.29 is 23.6 Å². The molecule has 2 fully saturated rings. The van der Waals surface area contributed by atoms with Gasteiger partial charge in [-0.2, -0.15) is 0 Å². The third kappa shape index (κ3) is 6.10. The molecule has 0 atom stereocenters. The Bertz CT molecular complexity index is 803. The molecule has 1 amide bonds. The molecule has 0 aromatic heterocycles. The predicted octanol–water partition coefficient (Wildman–Crippen LogP) is 3.57. The second-order valence-corrected chi connectivity index (χ2v) is 10.8. The highest BCUT2D eigenvalue weighted by atomic mass is 35.5. The molecule has 7 nitrogen and oxygen atoms in total. The zero-order valence-corrected chi connectivity index (χ0v) is 21.1. The fourth-order valence-electron chi connectivity index (χ4n) is 3.53. The maximum Gasteiger partial charge on any atom is 0.496 e. The van der Waals surface area contributed by atoms with Gasteiger partial charge >= 0.3 is 13.2 Å². The third-order valence-corrected chi connectivity index (χ3v) is 6.51. The lowest BCUT2D eigenvalue weighted by Gasteiger charge is -2.35. The Kier molecular flexibility index (Phi) is 7.40. The monoisotopic (exact) mass is 466 g/mol. The van der Waals surface area contributed by atoms with E-state index in [4.69, 9.17) is 30.4 Å². The first kappa shape index (κ1) is 25.2. The van der Waals surface area contributed by atoms with E-state index < -0.39 is 23.9 Å². The van der Waals surface area contributed by atoms with Crippen LogP contribution in [0.1, 0.15) is 48.5 Å². The Morgan fingerprint density at radius 3 is 2.22 bits per heavy atom. The molecule has 0 spiro atoms. The standard InChI is InChI=1S/C23H36BClN2O5/c1-21(2,3)30-20(28)27-12-10-26(11-13-27)14-15-29-17-8-9-18(19(25)16-17)24-31-22(4,5)23(6,7)32-24/h8-9,16H,10-15H2,1-7H3. The van der Waals surface area contributed by atoms with Gasteiger partial charge < -0.3 is 23.7 Å². The lowest BCUT2D eigenvalue weighted by molar-refractivity contribution is 0.00578. The van der Waals surface area contributed by atoms with Crippen molar-refractivity contribution in [1.29, 1.82) is 0 Å². The fraction of sp³-hybridized carbons (Fsp3) is 0.696. The van der Waals surface area contributed by atoms with Crippen molar-refractivity contribution in [1.82, 2.24) is 9.80 Å². The molecule has 0 N–H and O–H groups in total. The molecule has 1 aromatic rings. The van der Waals surface area contributed by atoms with Gasteiger partial charge in [0.15, 0.2) is 0 Å². The average Bonchev–Trinajstić information content (AvgIpc) is 2.88. The van der Waals surface area contributed by atoms with Crippen molar-refractivity contribution in [2.75, 3.05) is 39.3 Å². The van der Waals surface area contributed by atoms with E-state index in [1.165, 1.54) is 0 Å². The Labute approximate surface area is 197 Å². The molecule has 0 aliphatic carbocycles. The first-order valence-corrected chi connectivity index (χ1v) is 11.6. The van der Waals surface area contributed by atoms with Gasteiger partial charge in [-0.1, -0.05) is 17.7 Å². The van der Waals surface area contributed by atoms with Gasteiger partial charge in [0.05, 0.1) is 11.2 Å². The third-order valence-electron chi connectivity index (χ3n) is 6.18. The molecule has 32 heavy (non-hydrogen) atoms. The van der Waals surface area contributed by atoms with E-state index in [0.717, 1.165) is 25.1 Å². The molecular formula is C23H36BClN2O5. The average molecular weight is 467 g/mol. The minimum absolute atomic E-state index is 0.245. The fourth-order valence-corrected chi connectivity index (χ4v) is 3.79. The molecule has 0 unspecified atom stereocenters. The normalized spacial score (nSPS) is 21.0.